The summed E-state index contributed by atoms with van der Waals surface area (Å²) in [5, 5.41) is 11.3. The van der Waals surface area contributed by atoms with Crippen molar-refractivity contribution in [1.29, 1.82) is 0 Å². The number of nitrogens with one attached hydrogen (secondary N) is 2. The molecular formula is C22H32N6. The van der Waals surface area contributed by atoms with Crippen LogP contribution in [0.1, 0.15) is 36.8 Å². The third-order valence-corrected chi connectivity index (χ3v) is 5.62. The van der Waals surface area contributed by atoms with E-state index in [1.807, 2.05) is 30.2 Å². The fourth-order valence-corrected chi connectivity index (χ4v) is 3.66. The SMILES string of the molecule is CN=C(NCCN(CC1CC1)C1CC1)NCc1ccccc1Cn1cccn1. The van der Waals surface area contributed by atoms with E-state index < -0.39 is 0 Å². The van der Waals surface area contributed by atoms with Gasteiger partial charge < -0.3 is 10.6 Å². The Labute approximate surface area is 168 Å². The van der Waals surface area contributed by atoms with Crippen LogP contribution in [0.25, 0.3) is 0 Å². The van der Waals surface area contributed by atoms with Gasteiger partial charge in [0.15, 0.2) is 5.96 Å². The largest absolute Gasteiger partial charge is 0.355 e. The predicted octanol–water partition coefficient (Wildman–Crippen LogP) is 2.47. The second-order valence-corrected chi connectivity index (χ2v) is 7.99. The summed E-state index contributed by atoms with van der Waals surface area (Å²) in [6.45, 7) is 4.88. The zero-order valence-corrected chi connectivity index (χ0v) is 16.8. The second-order valence-electron chi connectivity index (χ2n) is 7.99. The average Bonchev–Trinajstić information content (AvgIpc) is 3.64. The molecule has 0 saturated heterocycles. The maximum Gasteiger partial charge on any atom is 0.191 e. The summed E-state index contributed by atoms with van der Waals surface area (Å²) in [5.74, 6) is 1.83. The van der Waals surface area contributed by atoms with Crippen molar-refractivity contribution >= 4 is 5.96 Å². The van der Waals surface area contributed by atoms with Crippen LogP contribution in [-0.4, -0.2) is 53.4 Å². The molecule has 2 aliphatic carbocycles. The molecule has 4 rings (SSSR count). The number of benzene rings is 1. The van der Waals surface area contributed by atoms with E-state index in [1.165, 1.54) is 43.4 Å². The van der Waals surface area contributed by atoms with Crippen molar-refractivity contribution < 1.29 is 0 Å². The fourth-order valence-electron chi connectivity index (χ4n) is 3.66. The molecule has 1 aromatic heterocycles. The van der Waals surface area contributed by atoms with Crippen molar-refractivity contribution in [2.75, 3.05) is 26.7 Å². The van der Waals surface area contributed by atoms with Crippen LogP contribution >= 0.6 is 0 Å². The Morgan fingerprint density at radius 3 is 2.64 bits per heavy atom. The molecule has 2 N–H and O–H groups in total. The van der Waals surface area contributed by atoms with Crippen molar-refractivity contribution in [2.45, 2.75) is 44.8 Å². The van der Waals surface area contributed by atoms with Crippen LogP contribution in [0, 0.1) is 5.92 Å². The Morgan fingerprint density at radius 2 is 1.96 bits per heavy atom. The van der Waals surface area contributed by atoms with Gasteiger partial charge in [-0.3, -0.25) is 14.6 Å². The Morgan fingerprint density at radius 1 is 1.14 bits per heavy atom. The highest BCUT2D eigenvalue weighted by Gasteiger charge is 2.33. The third kappa shape index (κ3) is 5.58. The maximum absolute atomic E-state index is 4.40. The third-order valence-electron chi connectivity index (χ3n) is 5.62. The van der Waals surface area contributed by atoms with Crippen molar-refractivity contribution in [1.82, 2.24) is 25.3 Å². The lowest BCUT2D eigenvalue weighted by Gasteiger charge is -2.22. The van der Waals surface area contributed by atoms with E-state index in [9.17, 15) is 0 Å². The van der Waals surface area contributed by atoms with E-state index in [0.717, 1.165) is 44.1 Å². The molecule has 28 heavy (non-hydrogen) atoms. The van der Waals surface area contributed by atoms with Crippen LogP contribution in [-0.2, 0) is 13.1 Å². The molecule has 0 amide bonds. The summed E-state index contributed by atoms with van der Waals surface area (Å²) in [6, 6.07) is 11.3. The van der Waals surface area contributed by atoms with Gasteiger partial charge in [-0.1, -0.05) is 24.3 Å². The number of rotatable bonds is 10. The van der Waals surface area contributed by atoms with Crippen LogP contribution in [0.5, 0.6) is 0 Å². The van der Waals surface area contributed by atoms with Gasteiger partial charge in [0, 0.05) is 51.7 Å². The zero-order chi connectivity index (χ0) is 19.2. The maximum atomic E-state index is 4.40. The normalized spacial score (nSPS) is 17.1. The molecule has 2 aliphatic rings. The van der Waals surface area contributed by atoms with Crippen LogP contribution in [0.3, 0.4) is 0 Å². The van der Waals surface area contributed by atoms with Gasteiger partial charge in [0.05, 0.1) is 6.54 Å². The molecular weight excluding hydrogens is 348 g/mol. The molecule has 0 spiro atoms. The first-order chi connectivity index (χ1) is 13.8. The second kappa shape index (κ2) is 9.24. The van der Waals surface area contributed by atoms with E-state index in [-0.39, 0.29) is 0 Å². The van der Waals surface area contributed by atoms with Gasteiger partial charge in [0.25, 0.3) is 0 Å². The molecule has 0 atom stereocenters. The molecule has 0 radical (unpaired) electrons. The topological polar surface area (TPSA) is 57.5 Å². The number of nitrogens with zero attached hydrogens (tertiary/aromatic N) is 4. The van der Waals surface area contributed by atoms with Crippen molar-refractivity contribution in [3.63, 3.8) is 0 Å². The molecule has 0 unspecified atom stereocenters. The highest BCUT2D eigenvalue weighted by Crippen LogP contribution is 2.34. The highest BCUT2D eigenvalue weighted by molar-refractivity contribution is 5.79. The first-order valence-corrected chi connectivity index (χ1v) is 10.5. The molecule has 1 heterocycles. The van der Waals surface area contributed by atoms with E-state index in [1.54, 1.807) is 0 Å². The number of hydrogen-bond acceptors (Lipinski definition) is 3. The predicted molar refractivity (Wildman–Crippen MR) is 113 cm³/mol. The van der Waals surface area contributed by atoms with Crippen LogP contribution in [0.4, 0.5) is 0 Å². The van der Waals surface area contributed by atoms with Gasteiger partial charge >= 0.3 is 0 Å². The molecule has 1 aromatic carbocycles. The minimum atomic E-state index is 0.755. The molecule has 0 aliphatic heterocycles. The minimum absolute atomic E-state index is 0.755. The van der Waals surface area contributed by atoms with E-state index in [0.29, 0.717) is 0 Å². The van der Waals surface area contributed by atoms with Crippen molar-refractivity contribution in [2.24, 2.45) is 10.9 Å². The molecule has 2 aromatic rings. The monoisotopic (exact) mass is 380 g/mol. The van der Waals surface area contributed by atoms with Gasteiger partial charge in [0.2, 0.25) is 0 Å². The smallest absolute Gasteiger partial charge is 0.191 e. The van der Waals surface area contributed by atoms with Gasteiger partial charge in [-0.2, -0.15) is 5.10 Å². The summed E-state index contributed by atoms with van der Waals surface area (Å²) in [7, 11) is 1.84. The number of hydrogen-bond donors (Lipinski definition) is 2. The number of aliphatic imine (C=N–C) groups is 1. The Bertz CT molecular complexity index is 761. The Kier molecular flexibility index (Phi) is 6.27. The minimum Gasteiger partial charge on any atom is -0.355 e. The molecule has 2 saturated carbocycles. The molecule has 0 bridgehead atoms. The highest BCUT2D eigenvalue weighted by atomic mass is 15.3. The van der Waals surface area contributed by atoms with Crippen LogP contribution in [0.2, 0.25) is 0 Å². The van der Waals surface area contributed by atoms with Crippen molar-refractivity contribution in [3.05, 3.63) is 53.9 Å². The molecule has 150 valence electrons. The Balaban J connectivity index is 1.25. The summed E-state index contributed by atoms with van der Waals surface area (Å²) in [4.78, 5) is 7.08. The first-order valence-electron chi connectivity index (χ1n) is 10.5. The Hall–Kier alpha value is -2.34. The lowest BCUT2D eigenvalue weighted by molar-refractivity contribution is 0.256. The molecule has 2 fully saturated rings. The van der Waals surface area contributed by atoms with E-state index >= 15 is 0 Å². The van der Waals surface area contributed by atoms with Gasteiger partial charge in [-0.25, -0.2) is 0 Å². The van der Waals surface area contributed by atoms with Crippen LogP contribution < -0.4 is 10.6 Å². The molecule has 6 nitrogen and oxygen atoms in total. The van der Waals surface area contributed by atoms with Crippen molar-refractivity contribution in [3.8, 4) is 0 Å². The van der Waals surface area contributed by atoms with Gasteiger partial charge in [0.1, 0.15) is 0 Å². The van der Waals surface area contributed by atoms with Crippen LogP contribution in [0.15, 0.2) is 47.7 Å². The standard InChI is InChI=1S/C22H32N6/c1-23-22(24-12-14-27(21-9-10-21)16-18-7-8-18)25-15-19-5-2-3-6-20(19)17-28-13-4-11-26-28/h2-6,11,13,18,21H,7-10,12,14-17H2,1H3,(H2,23,24,25). The van der Waals surface area contributed by atoms with E-state index in [2.05, 4.69) is 49.9 Å². The summed E-state index contributed by atoms with van der Waals surface area (Å²) >= 11 is 0. The summed E-state index contributed by atoms with van der Waals surface area (Å²) in [5.41, 5.74) is 2.55. The summed E-state index contributed by atoms with van der Waals surface area (Å²) < 4.78 is 1.96. The number of guanidine groups is 1. The fraction of sp³-hybridized carbons (Fsp3) is 0.545. The number of aromatic nitrogens is 2. The average molecular weight is 381 g/mol. The van der Waals surface area contributed by atoms with E-state index in [4.69, 9.17) is 0 Å². The first kappa shape index (κ1) is 19.0. The quantitative estimate of drug-likeness (QED) is 0.491. The van der Waals surface area contributed by atoms with Gasteiger partial charge in [-0.05, 0) is 48.8 Å². The molecule has 6 heteroatoms. The zero-order valence-electron chi connectivity index (χ0n) is 16.8. The lowest BCUT2D eigenvalue weighted by Crippen LogP contribution is -2.42. The lowest BCUT2D eigenvalue weighted by atomic mass is 10.1. The van der Waals surface area contributed by atoms with Gasteiger partial charge in [-0.15, -0.1) is 0 Å². The summed E-state index contributed by atoms with van der Waals surface area (Å²) in [6.07, 6.45) is 9.44.